The predicted octanol–water partition coefficient (Wildman–Crippen LogP) is 8.20. The van der Waals surface area contributed by atoms with Crippen molar-refractivity contribution in [1.29, 1.82) is 0 Å². The zero-order chi connectivity index (χ0) is 32.4. The molecule has 0 spiro atoms. The summed E-state index contributed by atoms with van der Waals surface area (Å²) in [7, 11) is 0. The third-order valence-electron chi connectivity index (χ3n) is 9.51. The first-order valence-corrected chi connectivity index (χ1v) is 17.0. The summed E-state index contributed by atoms with van der Waals surface area (Å²) >= 11 is 0. The molecule has 0 radical (unpaired) electrons. The van der Waals surface area contributed by atoms with E-state index in [4.69, 9.17) is 9.97 Å². The maximum absolute atomic E-state index is 14.2. The third-order valence-corrected chi connectivity index (χ3v) is 9.51. The maximum Gasteiger partial charge on any atom is 0.257 e. The fraction of sp³-hybridized carbons (Fsp3) is 0.447. The molecule has 2 aliphatic heterocycles. The number of fused-ring (bicyclic) bond motifs is 8. The number of hydrogen-bond donors (Lipinski definition) is 3. The molecule has 238 valence electrons. The lowest BCUT2D eigenvalue weighted by Gasteiger charge is -2.12. The topological polar surface area (TPSA) is 95.8 Å². The van der Waals surface area contributed by atoms with Gasteiger partial charge in [0.15, 0.2) is 0 Å². The Morgan fingerprint density at radius 3 is 1.89 bits per heavy atom. The number of hydrogen-bond acceptors (Lipinski definition) is 4. The number of rotatable bonds is 10. The Balaban J connectivity index is 2.19. The summed E-state index contributed by atoms with van der Waals surface area (Å²) < 4.78 is 2.26. The SMILES string of the molecule is CCC1=C(CC)c2nc1c(CC)c1[nH]c(cc3nc(cc4c(CC)c(CC)c(c2C(=O)NCO)n4CC)C=C3)c(CC)c1CC. The van der Waals surface area contributed by atoms with Gasteiger partial charge in [-0.1, -0.05) is 48.5 Å². The van der Waals surface area contributed by atoms with Gasteiger partial charge < -0.3 is 20.0 Å². The van der Waals surface area contributed by atoms with Crippen molar-refractivity contribution in [3.63, 3.8) is 0 Å². The van der Waals surface area contributed by atoms with Crippen molar-refractivity contribution in [2.45, 2.75) is 107 Å². The van der Waals surface area contributed by atoms with E-state index in [9.17, 15) is 9.90 Å². The molecule has 0 saturated heterocycles. The molecule has 5 heterocycles. The van der Waals surface area contributed by atoms with E-state index in [0.29, 0.717) is 12.1 Å². The van der Waals surface area contributed by atoms with E-state index in [2.05, 4.69) is 94.5 Å². The van der Waals surface area contributed by atoms with Crippen LogP contribution in [0, 0.1) is 0 Å². The predicted molar refractivity (Wildman–Crippen MR) is 188 cm³/mol. The van der Waals surface area contributed by atoms with Crippen LogP contribution >= 0.6 is 0 Å². The second kappa shape index (κ2) is 13.6. The van der Waals surface area contributed by atoms with Gasteiger partial charge in [0.1, 0.15) is 6.73 Å². The van der Waals surface area contributed by atoms with Crippen LogP contribution in [0.4, 0.5) is 0 Å². The molecule has 3 aromatic rings. The second-order valence-corrected chi connectivity index (χ2v) is 11.6. The van der Waals surface area contributed by atoms with Crippen LogP contribution < -0.4 is 5.32 Å². The molecule has 0 aliphatic carbocycles. The highest BCUT2D eigenvalue weighted by molar-refractivity contribution is 6.09. The van der Waals surface area contributed by atoms with E-state index in [1.165, 1.54) is 27.8 Å². The highest BCUT2D eigenvalue weighted by Gasteiger charge is 2.29. The van der Waals surface area contributed by atoms with Gasteiger partial charge in [-0.15, -0.1) is 0 Å². The zero-order valence-corrected chi connectivity index (χ0v) is 28.4. The van der Waals surface area contributed by atoms with Crippen LogP contribution in [0.25, 0.3) is 45.4 Å². The van der Waals surface area contributed by atoms with Crippen molar-refractivity contribution in [2.75, 3.05) is 6.73 Å². The molecule has 7 nitrogen and oxygen atoms in total. The molecular formula is C38H49N5O2. The number of amides is 1. The molecule has 0 unspecified atom stereocenters. The number of aromatic nitrogens is 4. The highest BCUT2D eigenvalue weighted by atomic mass is 16.3. The van der Waals surface area contributed by atoms with Crippen molar-refractivity contribution in [3.05, 3.63) is 68.3 Å². The van der Waals surface area contributed by atoms with Crippen LogP contribution in [0.2, 0.25) is 0 Å². The van der Waals surface area contributed by atoms with Crippen LogP contribution in [0.5, 0.6) is 0 Å². The summed E-state index contributed by atoms with van der Waals surface area (Å²) in [6.07, 6.45) is 9.92. The Bertz CT molecular complexity index is 1870. The molecule has 0 fully saturated rings. The van der Waals surface area contributed by atoms with Gasteiger partial charge in [0.2, 0.25) is 0 Å². The number of carbonyl (C=O) groups excluding carboxylic acids is 1. The lowest BCUT2D eigenvalue weighted by Crippen LogP contribution is -2.26. The number of nitrogens with one attached hydrogen (secondary N) is 2. The number of aryl methyl sites for hydroxylation is 6. The Hall–Kier alpha value is -3.97. The van der Waals surface area contributed by atoms with Crippen LogP contribution in [-0.2, 0) is 38.6 Å². The van der Waals surface area contributed by atoms with Crippen molar-refractivity contribution in [2.24, 2.45) is 0 Å². The molecule has 1 amide bonds. The molecule has 45 heavy (non-hydrogen) atoms. The van der Waals surface area contributed by atoms with Crippen molar-refractivity contribution >= 4 is 51.3 Å². The van der Waals surface area contributed by atoms with Crippen molar-refractivity contribution in [3.8, 4) is 0 Å². The molecule has 2 aliphatic rings. The van der Waals surface area contributed by atoms with Gasteiger partial charge in [0, 0.05) is 28.7 Å². The molecule has 3 N–H and O–H groups in total. The molecule has 5 rings (SSSR count). The molecule has 0 atom stereocenters. The monoisotopic (exact) mass is 607 g/mol. The van der Waals surface area contributed by atoms with E-state index in [1.807, 2.05) is 0 Å². The van der Waals surface area contributed by atoms with Gasteiger partial charge >= 0.3 is 0 Å². The van der Waals surface area contributed by atoms with E-state index in [1.54, 1.807) is 0 Å². The number of aliphatic hydroxyl groups excluding tert-OH is 1. The lowest BCUT2D eigenvalue weighted by atomic mass is 9.93. The summed E-state index contributed by atoms with van der Waals surface area (Å²) in [6.45, 7) is 17.7. The van der Waals surface area contributed by atoms with E-state index >= 15 is 0 Å². The van der Waals surface area contributed by atoms with Crippen LogP contribution in [-0.4, -0.2) is 37.3 Å². The largest absolute Gasteiger partial charge is 0.376 e. The second-order valence-electron chi connectivity index (χ2n) is 11.6. The van der Waals surface area contributed by atoms with Gasteiger partial charge in [0.25, 0.3) is 5.91 Å². The Morgan fingerprint density at radius 2 is 1.33 bits per heavy atom. The summed E-state index contributed by atoms with van der Waals surface area (Å²) in [5, 5.41) is 12.7. The number of aliphatic hydroxyl groups is 1. The first kappa shape index (κ1) is 32.4. The van der Waals surface area contributed by atoms with Crippen LogP contribution in [0.3, 0.4) is 0 Å². The van der Waals surface area contributed by atoms with Crippen LogP contribution in [0.15, 0.2) is 12.1 Å². The van der Waals surface area contributed by atoms with Crippen LogP contribution in [0.1, 0.15) is 129 Å². The Morgan fingerprint density at radius 1 is 0.733 bits per heavy atom. The van der Waals surface area contributed by atoms with Crippen molar-refractivity contribution < 1.29 is 9.90 Å². The minimum Gasteiger partial charge on any atom is -0.376 e. The number of allylic oxidation sites excluding steroid dienone is 2. The van der Waals surface area contributed by atoms with E-state index in [-0.39, 0.29) is 5.91 Å². The fourth-order valence-corrected chi connectivity index (χ4v) is 7.62. The van der Waals surface area contributed by atoms with E-state index in [0.717, 1.165) is 101 Å². The zero-order valence-electron chi connectivity index (χ0n) is 28.4. The molecule has 0 saturated carbocycles. The molecular weight excluding hydrogens is 558 g/mol. The van der Waals surface area contributed by atoms with E-state index < -0.39 is 6.73 Å². The molecule has 8 bridgehead atoms. The van der Waals surface area contributed by atoms with Gasteiger partial charge in [-0.2, -0.15) is 0 Å². The maximum atomic E-state index is 14.2. The normalized spacial score (nSPS) is 12.8. The first-order valence-electron chi connectivity index (χ1n) is 17.0. The number of carbonyl (C=O) groups is 1. The van der Waals surface area contributed by atoms with Gasteiger partial charge in [-0.05, 0) is 110 Å². The van der Waals surface area contributed by atoms with Gasteiger partial charge in [0.05, 0.1) is 33.9 Å². The first-order chi connectivity index (χ1) is 21.8. The molecule has 3 aromatic heterocycles. The molecule has 0 aromatic carbocycles. The average Bonchev–Trinajstić information content (AvgIpc) is 3.80. The number of nitrogens with zero attached hydrogens (tertiary/aromatic N) is 3. The Labute approximate surface area is 267 Å². The summed E-state index contributed by atoms with van der Waals surface area (Å²) in [6, 6.07) is 4.35. The van der Waals surface area contributed by atoms with Gasteiger partial charge in [-0.25, -0.2) is 9.97 Å². The minimum absolute atomic E-state index is 0.304. The summed E-state index contributed by atoms with van der Waals surface area (Å²) in [4.78, 5) is 28.5. The highest BCUT2D eigenvalue weighted by Crippen LogP contribution is 2.41. The van der Waals surface area contributed by atoms with Crippen molar-refractivity contribution in [1.82, 2.24) is 24.8 Å². The summed E-state index contributed by atoms with van der Waals surface area (Å²) in [5.74, 6) is -0.304. The lowest BCUT2D eigenvalue weighted by molar-refractivity contribution is 0.0911. The number of aromatic amines is 1. The van der Waals surface area contributed by atoms with Gasteiger partial charge in [-0.3, -0.25) is 4.79 Å². The minimum atomic E-state index is -0.445. The molecule has 7 heteroatoms. The number of H-pyrrole nitrogens is 1. The standard InChI is InChI=1S/C38H49N5O2/c1-9-24-26(11-3)34-30(15-7)35-27(12-4)28(13-5)36(42-35)33(38(45)39-21-44)37-29(14-6)25(10-2)32(43(37)16-8)20-23-18-17-22(40-23)19-31(24)41-34/h17-20,41,44H,9-16,21H2,1-8H3,(H,39,45). The quantitative estimate of drug-likeness (QED) is 0.158. The smallest absolute Gasteiger partial charge is 0.257 e. The Kier molecular flexibility index (Phi) is 9.78. The average molecular weight is 608 g/mol. The summed E-state index contributed by atoms with van der Waals surface area (Å²) in [5.41, 5.74) is 16.7. The fourth-order valence-electron chi connectivity index (χ4n) is 7.62. The third kappa shape index (κ3) is 5.35.